The van der Waals surface area contributed by atoms with E-state index in [0.29, 0.717) is 11.3 Å². The number of esters is 1. The van der Waals surface area contributed by atoms with Crippen LogP contribution in [0.5, 0.6) is 5.75 Å². The maximum atomic E-state index is 13.2. The Hall–Kier alpha value is -2.97. The number of aromatic amines is 1. The molecule has 0 atom stereocenters. The van der Waals surface area contributed by atoms with E-state index in [2.05, 4.69) is 19.8 Å². The highest BCUT2D eigenvalue weighted by Gasteiger charge is 2.23. The minimum atomic E-state index is -3.18. The molecule has 2 N–H and O–H groups in total. The third-order valence-electron chi connectivity index (χ3n) is 3.46. The molecule has 1 aromatic carbocycles. The van der Waals surface area contributed by atoms with Crippen LogP contribution in [-0.2, 0) is 4.74 Å². The van der Waals surface area contributed by atoms with Crippen LogP contribution < -0.4 is 10.1 Å². The van der Waals surface area contributed by atoms with E-state index in [-0.39, 0.29) is 16.9 Å². The van der Waals surface area contributed by atoms with Gasteiger partial charge in [-0.25, -0.2) is 9.18 Å². The molecule has 9 heteroatoms. The molecule has 134 valence electrons. The molecule has 1 aromatic heterocycles. The second kappa shape index (κ2) is 7.29. The number of H-pyrrole nitrogens is 1. The lowest BCUT2D eigenvalue weighted by atomic mass is 10.1. The molecule has 0 aliphatic carbocycles. The molecule has 2 aromatic rings. The normalized spacial score (nSPS) is 10.7. The molecular weight excluding hydrogens is 341 g/mol. The zero-order chi connectivity index (χ0) is 18.7. The average molecular weight is 356 g/mol. The number of anilines is 1. The van der Waals surface area contributed by atoms with Crippen molar-refractivity contribution in [1.82, 2.24) is 4.98 Å². The summed E-state index contributed by atoms with van der Waals surface area (Å²) in [6, 6.07) is 2.81. The summed E-state index contributed by atoms with van der Waals surface area (Å²) in [4.78, 5) is 26.9. The van der Waals surface area contributed by atoms with Crippen molar-refractivity contribution in [3.8, 4) is 5.75 Å². The minimum absolute atomic E-state index is 0.0465. The van der Waals surface area contributed by atoms with Crippen molar-refractivity contribution in [3.63, 3.8) is 0 Å². The van der Waals surface area contributed by atoms with Crippen LogP contribution >= 0.6 is 0 Å². The number of aryl methyl sites for hydroxylation is 1. The SMILES string of the molecule is COC(=O)c1c(C)[nH]c(C(=O)Nc2ccc(F)cc2OC(F)F)c1C. The van der Waals surface area contributed by atoms with Gasteiger partial charge in [-0.2, -0.15) is 8.78 Å². The lowest BCUT2D eigenvalue weighted by molar-refractivity contribution is -0.0495. The minimum Gasteiger partial charge on any atom is -0.465 e. The molecule has 0 radical (unpaired) electrons. The van der Waals surface area contributed by atoms with Crippen molar-refractivity contribution < 1.29 is 32.2 Å². The van der Waals surface area contributed by atoms with Crippen LogP contribution in [-0.4, -0.2) is 30.6 Å². The molecule has 0 aliphatic rings. The molecule has 6 nitrogen and oxygen atoms in total. The van der Waals surface area contributed by atoms with E-state index in [1.807, 2.05) is 0 Å². The van der Waals surface area contributed by atoms with E-state index in [1.54, 1.807) is 6.92 Å². The lowest BCUT2D eigenvalue weighted by Crippen LogP contribution is -2.16. The van der Waals surface area contributed by atoms with Crippen LogP contribution in [0.1, 0.15) is 32.1 Å². The number of rotatable bonds is 5. The van der Waals surface area contributed by atoms with Crippen molar-refractivity contribution in [2.24, 2.45) is 0 Å². The van der Waals surface area contributed by atoms with Crippen LogP contribution in [0, 0.1) is 19.7 Å². The van der Waals surface area contributed by atoms with Gasteiger partial charge in [0.2, 0.25) is 0 Å². The molecule has 0 saturated heterocycles. The van der Waals surface area contributed by atoms with Crippen LogP contribution in [0.15, 0.2) is 18.2 Å². The van der Waals surface area contributed by atoms with Gasteiger partial charge in [0.1, 0.15) is 11.5 Å². The van der Waals surface area contributed by atoms with Gasteiger partial charge < -0.3 is 19.8 Å². The average Bonchev–Trinajstić information content (AvgIpc) is 2.83. The van der Waals surface area contributed by atoms with Crippen molar-refractivity contribution >= 4 is 17.6 Å². The fourth-order valence-electron chi connectivity index (χ4n) is 2.36. The Morgan fingerprint density at radius 1 is 1.24 bits per heavy atom. The second-order valence-electron chi connectivity index (χ2n) is 5.09. The summed E-state index contributed by atoms with van der Waals surface area (Å²) >= 11 is 0. The second-order valence-corrected chi connectivity index (χ2v) is 5.09. The van der Waals surface area contributed by atoms with Crippen molar-refractivity contribution in [2.45, 2.75) is 20.5 Å². The molecule has 0 fully saturated rings. The predicted octanol–water partition coefficient (Wildman–Crippen LogP) is 3.41. The van der Waals surface area contributed by atoms with Gasteiger partial charge in [-0.15, -0.1) is 0 Å². The first kappa shape index (κ1) is 18.4. The van der Waals surface area contributed by atoms with Crippen molar-refractivity contribution in [2.75, 3.05) is 12.4 Å². The van der Waals surface area contributed by atoms with Crippen LogP contribution in [0.3, 0.4) is 0 Å². The van der Waals surface area contributed by atoms with Crippen molar-refractivity contribution in [3.05, 3.63) is 46.5 Å². The topological polar surface area (TPSA) is 80.4 Å². The summed E-state index contributed by atoms with van der Waals surface area (Å²) in [7, 11) is 1.21. The Balaban J connectivity index is 2.34. The fraction of sp³-hybridized carbons (Fsp3) is 0.250. The Labute approximate surface area is 140 Å². The Bertz CT molecular complexity index is 818. The molecule has 25 heavy (non-hydrogen) atoms. The van der Waals surface area contributed by atoms with Gasteiger partial charge in [-0.1, -0.05) is 0 Å². The van der Waals surface area contributed by atoms with Gasteiger partial charge in [0, 0.05) is 11.8 Å². The zero-order valence-electron chi connectivity index (χ0n) is 13.6. The number of amides is 1. The van der Waals surface area contributed by atoms with E-state index in [0.717, 1.165) is 18.2 Å². The number of nitrogens with one attached hydrogen (secondary N) is 2. The summed E-state index contributed by atoms with van der Waals surface area (Å²) < 4.78 is 46.9. The maximum Gasteiger partial charge on any atom is 0.387 e. The summed E-state index contributed by atoms with van der Waals surface area (Å²) in [6.45, 7) is -0.0663. The number of methoxy groups -OCH3 is 1. The van der Waals surface area contributed by atoms with Crippen molar-refractivity contribution in [1.29, 1.82) is 0 Å². The van der Waals surface area contributed by atoms with Crippen LogP contribution in [0.25, 0.3) is 0 Å². The van der Waals surface area contributed by atoms with Gasteiger partial charge in [0.15, 0.2) is 5.75 Å². The first-order chi connectivity index (χ1) is 11.7. The Kier molecular flexibility index (Phi) is 5.35. The highest BCUT2D eigenvalue weighted by Crippen LogP contribution is 2.28. The van der Waals surface area contributed by atoms with Gasteiger partial charge in [0.05, 0.1) is 18.4 Å². The molecule has 0 bridgehead atoms. The van der Waals surface area contributed by atoms with Crippen LogP contribution in [0.2, 0.25) is 0 Å². The van der Waals surface area contributed by atoms with E-state index >= 15 is 0 Å². The molecule has 2 rings (SSSR count). The largest absolute Gasteiger partial charge is 0.465 e. The molecule has 0 aliphatic heterocycles. The first-order valence-electron chi connectivity index (χ1n) is 7.07. The zero-order valence-corrected chi connectivity index (χ0v) is 13.6. The van der Waals surface area contributed by atoms with Crippen LogP contribution in [0.4, 0.5) is 18.9 Å². The van der Waals surface area contributed by atoms with Gasteiger partial charge >= 0.3 is 12.6 Å². The molecule has 1 amide bonds. The summed E-state index contributed by atoms with van der Waals surface area (Å²) in [5.41, 5.74) is 0.858. The highest BCUT2D eigenvalue weighted by molar-refractivity contribution is 6.07. The lowest BCUT2D eigenvalue weighted by Gasteiger charge is -2.12. The number of aromatic nitrogens is 1. The quantitative estimate of drug-likeness (QED) is 0.805. The number of hydrogen-bond acceptors (Lipinski definition) is 4. The Morgan fingerprint density at radius 3 is 2.52 bits per heavy atom. The van der Waals surface area contributed by atoms with E-state index in [9.17, 15) is 22.8 Å². The number of ether oxygens (including phenoxy) is 2. The number of alkyl halides is 2. The monoisotopic (exact) mass is 356 g/mol. The van der Waals surface area contributed by atoms with Gasteiger partial charge in [-0.3, -0.25) is 4.79 Å². The van der Waals surface area contributed by atoms with Gasteiger partial charge in [-0.05, 0) is 31.5 Å². The third-order valence-corrected chi connectivity index (χ3v) is 3.46. The smallest absolute Gasteiger partial charge is 0.387 e. The number of carbonyl (C=O) groups excluding carboxylic acids is 2. The molecule has 0 unspecified atom stereocenters. The van der Waals surface area contributed by atoms with E-state index < -0.39 is 30.1 Å². The number of carbonyl (C=O) groups is 2. The third kappa shape index (κ3) is 3.93. The Morgan fingerprint density at radius 2 is 1.92 bits per heavy atom. The summed E-state index contributed by atoms with van der Waals surface area (Å²) in [6.07, 6.45) is 0. The standard InChI is InChI=1S/C16H15F3N2O4/c1-7-12(15(23)24-3)8(2)20-13(7)14(22)21-10-5-4-9(17)6-11(10)25-16(18)19/h4-6,16,20H,1-3H3,(H,21,22). The number of hydrogen-bond donors (Lipinski definition) is 2. The fourth-order valence-corrected chi connectivity index (χ4v) is 2.36. The molecular formula is C16H15F3N2O4. The molecule has 0 spiro atoms. The highest BCUT2D eigenvalue weighted by atomic mass is 19.3. The molecule has 0 saturated carbocycles. The van der Waals surface area contributed by atoms with Gasteiger partial charge in [0.25, 0.3) is 5.91 Å². The van der Waals surface area contributed by atoms with E-state index in [4.69, 9.17) is 0 Å². The molecule has 1 heterocycles. The number of halogens is 3. The predicted molar refractivity (Wildman–Crippen MR) is 82.6 cm³/mol. The van der Waals surface area contributed by atoms with E-state index in [1.165, 1.54) is 14.0 Å². The summed E-state index contributed by atoms with van der Waals surface area (Å²) in [5.74, 6) is -2.64. The maximum absolute atomic E-state index is 13.2. The number of benzene rings is 1. The first-order valence-corrected chi connectivity index (χ1v) is 7.07. The summed E-state index contributed by atoms with van der Waals surface area (Å²) in [5, 5.41) is 2.35.